The van der Waals surface area contributed by atoms with Crippen molar-refractivity contribution in [1.82, 2.24) is 0 Å². The van der Waals surface area contributed by atoms with Gasteiger partial charge in [0.2, 0.25) is 0 Å². The molecular formula is C14H2F20O4. The first kappa shape index (κ1) is 33.0. The fourth-order valence-corrected chi connectivity index (χ4v) is 1.63. The van der Waals surface area contributed by atoms with Crippen molar-refractivity contribution in [3.63, 3.8) is 0 Å². The summed E-state index contributed by atoms with van der Waals surface area (Å²) < 4.78 is 264. The van der Waals surface area contributed by atoms with Crippen LogP contribution in [0.4, 0.5) is 87.8 Å². The van der Waals surface area contributed by atoms with Crippen LogP contribution >= 0.6 is 0 Å². The van der Waals surface area contributed by atoms with Crippen molar-refractivity contribution in [3.8, 4) is 23.0 Å². The molecule has 4 nitrogen and oxygen atoms in total. The zero-order chi connectivity index (χ0) is 30.6. The van der Waals surface area contributed by atoms with E-state index in [9.17, 15) is 87.8 Å². The molecule has 0 bridgehead atoms. The third kappa shape index (κ3) is 7.11. The number of halogens is 20. The second-order valence-corrected chi connectivity index (χ2v) is 6.21. The van der Waals surface area contributed by atoms with Crippen LogP contribution in [-0.4, -0.2) is 49.1 Å². The van der Waals surface area contributed by atoms with E-state index >= 15 is 0 Å². The summed E-state index contributed by atoms with van der Waals surface area (Å²) in [5, 5.41) is 0. The maximum atomic E-state index is 13.2. The molecule has 1 rings (SSSR count). The third-order valence-electron chi connectivity index (χ3n) is 3.28. The van der Waals surface area contributed by atoms with Gasteiger partial charge >= 0.3 is 49.1 Å². The summed E-state index contributed by atoms with van der Waals surface area (Å²) >= 11 is 0. The van der Waals surface area contributed by atoms with Gasteiger partial charge in [-0.15, -0.1) is 0 Å². The summed E-state index contributed by atoms with van der Waals surface area (Å²) in [5.74, 6) is -12.1. The molecule has 38 heavy (non-hydrogen) atoms. The fourth-order valence-electron chi connectivity index (χ4n) is 1.63. The molecule has 1 aromatic rings. The molecule has 0 aliphatic rings. The zero-order valence-corrected chi connectivity index (χ0v) is 16.3. The Morgan fingerprint density at radius 2 is 0.421 bits per heavy atom. The predicted molar refractivity (Wildman–Crippen MR) is 73.0 cm³/mol. The second-order valence-electron chi connectivity index (χ2n) is 6.21. The predicted octanol–water partition coefficient (Wildman–Crippen LogP) is 7.82. The highest BCUT2D eigenvalue weighted by molar-refractivity contribution is 5.55. The van der Waals surface area contributed by atoms with Crippen molar-refractivity contribution in [1.29, 1.82) is 0 Å². The Hall–Kier alpha value is -2.98. The van der Waals surface area contributed by atoms with Crippen molar-refractivity contribution in [2.75, 3.05) is 0 Å². The van der Waals surface area contributed by atoms with Crippen LogP contribution in [0.25, 0.3) is 0 Å². The number of benzene rings is 1. The minimum Gasteiger partial charge on any atom is -0.422 e. The number of alkyl halides is 20. The van der Waals surface area contributed by atoms with Crippen LogP contribution in [0, 0.1) is 0 Å². The van der Waals surface area contributed by atoms with Crippen LogP contribution < -0.4 is 18.9 Å². The molecule has 0 aromatic heterocycles. The van der Waals surface area contributed by atoms with Crippen LogP contribution in [0.1, 0.15) is 0 Å². The van der Waals surface area contributed by atoms with Gasteiger partial charge in [-0.05, 0) is 0 Å². The zero-order valence-electron chi connectivity index (χ0n) is 16.3. The SMILES string of the molecule is FC(F)(F)C(F)(F)Oc1cc(OC(F)(F)C(F)(F)F)c(OC(F)(F)C(F)(F)F)cc1OC(F)(F)C(F)(F)F. The van der Waals surface area contributed by atoms with E-state index in [2.05, 4.69) is 18.9 Å². The quantitative estimate of drug-likeness (QED) is 0.280. The Morgan fingerprint density at radius 3 is 0.526 bits per heavy atom. The molecule has 0 N–H and O–H groups in total. The van der Waals surface area contributed by atoms with Gasteiger partial charge in [0.25, 0.3) is 0 Å². The van der Waals surface area contributed by atoms with E-state index in [0.717, 1.165) is 0 Å². The molecule has 0 unspecified atom stereocenters. The normalized spacial score (nSPS) is 14.8. The highest BCUT2D eigenvalue weighted by Gasteiger charge is 2.65. The number of rotatable bonds is 8. The standard InChI is InChI=1S/C14H2F20O4/c15-7(16,17)11(27,28)35-3-1-4(36-12(29,30)8(18,19)20)6(38-14(33,34)10(24,25)26)2-5(3)37-13(31,32)9(21,22)23/h1-2H. The Bertz CT molecular complexity index is 831. The monoisotopic (exact) mass is 614 g/mol. The molecule has 0 radical (unpaired) electrons. The largest absolute Gasteiger partial charge is 0.499 e. The molecule has 24 heteroatoms. The lowest BCUT2D eigenvalue weighted by Crippen LogP contribution is -2.44. The van der Waals surface area contributed by atoms with E-state index in [4.69, 9.17) is 0 Å². The fraction of sp³-hybridized carbons (Fsp3) is 0.571. The number of ether oxygens (including phenoxy) is 4. The molecule has 1 aromatic carbocycles. The minimum atomic E-state index is -6.95. The molecule has 0 saturated heterocycles. The minimum absolute atomic E-state index is 1.39. The molecule has 0 atom stereocenters. The number of hydrogen-bond acceptors (Lipinski definition) is 4. The van der Waals surface area contributed by atoms with Crippen LogP contribution in [-0.2, 0) is 0 Å². The highest BCUT2D eigenvalue weighted by Crippen LogP contribution is 2.51. The van der Waals surface area contributed by atoms with Gasteiger partial charge in [-0.1, -0.05) is 0 Å². The molecule has 0 heterocycles. The highest BCUT2D eigenvalue weighted by atomic mass is 19.4. The van der Waals surface area contributed by atoms with Gasteiger partial charge < -0.3 is 18.9 Å². The van der Waals surface area contributed by atoms with Gasteiger partial charge in [-0.3, -0.25) is 0 Å². The Kier molecular flexibility index (Phi) is 8.12. The van der Waals surface area contributed by atoms with E-state index in [0.29, 0.717) is 0 Å². The topological polar surface area (TPSA) is 36.9 Å². The van der Waals surface area contributed by atoms with Gasteiger partial charge in [0, 0.05) is 12.1 Å². The summed E-state index contributed by atoms with van der Waals surface area (Å²) in [6.45, 7) is 0. The Labute approximate surface area is 192 Å². The summed E-state index contributed by atoms with van der Waals surface area (Å²) in [5.41, 5.74) is 0. The van der Waals surface area contributed by atoms with Gasteiger partial charge in [0.15, 0.2) is 23.0 Å². The summed E-state index contributed by atoms with van der Waals surface area (Å²) in [4.78, 5) is 0. The van der Waals surface area contributed by atoms with Crippen molar-refractivity contribution < 1.29 is 107 Å². The van der Waals surface area contributed by atoms with Crippen LogP contribution in [0.2, 0.25) is 0 Å². The van der Waals surface area contributed by atoms with E-state index < -0.39 is 84.3 Å². The van der Waals surface area contributed by atoms with E-state index in [1.807, 2.05) is 0 Å². The summed E-state index contributed by atoms with van der Waals surface area (Å²) in [7, 11) is 0. The van der Waals surface area contributed by atoms with Crippen molar-refractivity contribution in [2.45, 2.75) is 49.1 Å². The average molecular weight is 614 g/mol. The van der Waals surface area contributed by atoms with Gasteiger partial charge in [-0.2, -0.15) is 87.8 Å². The third-order valence-corrected chi connectivity index (χ3v) is 3.28. The van der Waals surface area contributed by atoms with Crippen LogP contribution in [0.5, 0.6) is 23.0 Å². The molecule has 0 saturated carbocycles. The summed E-state index contributed by atoms with van der Waals surface area (Å²) in [6, 6.07) is -2.77. The van der Waals surface area contributed by atoms with Crippen molar-refractivity contribution in [3.05, 3.63) is 12.1 Å². The molecule has 0 amide bonds. The smallest absolute Gasteiger partial charge is 0.422 e. The molecule has 222 valence electrons. The first-order valence-electron chi connectivity index (χ1n) is 8.07. The lowest BCUT2D eigenvalue weighted by atomic mass is 10.2. The van der Waals surface area contributed by atoms with E-state index in [1.54, 1.807) is 0 Å². The van der Waals surface area contributed by atoms with Crippen molar-refractivity contribution in [2.24, 2.45) is 0 Å². The molecule has 0 aliphatic carbocycles. The number of hydrogen-bond donors (Lipinski definition) is 0. The Balaban J connectivity index is 3.99. The Morgan fingerprint density at radius 1 is 0.289 bits per heavy atom. The van der Waals surface area contributed by atoms with Crippen LogP contribution in [0.15, 0.2) is 12.1 Å². The maximum absolute atomic E-state index is 13.2. The molecule has 0 aliphatic heterocycles. The first-order valence-corrected chi connectivity index (χ1v) is 8.07. The lowest BCUT2D eigenvalue weighted by Gasteiger charge is -2.28. The van der Waals surface area contributed by atoms with E-state index in [1.165, 1.54) is 0 Å². The second kappa shape index (κ2) is 9.34. The van der Waals surface area contributed by atoms with Crippen molar-refractivity contribution >= 4 is 0 Å². The summed E-state index contributed by atoms with van der Waals surface area (Å²) in [6.07, 6.45) is -54.8. The molecule has 0 fully saturated rings. The van der Waals surface area contributed by atoms with Gasteiger partial charge in [0.05, 0.1) is 0 Å². The average Bonchev–Trinajstić information content (AvgIpc) is 2.60. The van der Waals surface area contributed by atoms with Gasteiger partial charge in [-0.25, -0.2) is 0 Å². The van der Waals surface area contributed by atoms with Crippen LogP contribution in [0.3, 0.4) is 0 Å². The lowest BCUT2D eigenvalue weighted by molar-refractivity contribution is -0.369. The maximum Gasteiger partial charge on any atom is 0.499 e. The molecular weight excluding hydrogens is 612 g/mol. The first-order chi connectivity index (χ1) is 16.3. The van der Waals surface area contributed by atoms with Gasteiger partial charge in [0.1, 0.15) is 0 Å². The van der Waals surface area contributed by atoms with E-state index in [-0.39, 0.29) is 0 Å². The molecule has 0 spiro atoms.